The number of anilines is 1. The van der Waals surface area contributed by atoms with Gasteiger partial charge in [-0.15, -0.1) is 0 Å². The number of hydrogen-bond donors (Lipinski definition) is 3. The minimum atomic E-state index is -2.87. The van der Waals surface area contributed by atoms with Gasteiger partial charge in [-0.05, 0) is 31.2 Å². The highest BCUT2D eigenvalue weighted by atomic mass is 19.3. The van der Waals surface area contributed by atoms with E-state index < -0.39 is 18.5 Å². The maximum Gasteiger partial charge on any atom is 0.312 e. The quantitative estimate of drug-likeness (QED) is 0.433. The highest BCUT2D eigenvalue weighted by Crippen LogP contribution is 2.35. The lowest BCUT2D eigenvalue weighted by Crippen LogP contribution is -2.22. The summed E-state index contributed by atoms with van der Waals surface area (Å²) in [6.45, 7) is -1.08. The van der Waals surface area contributed by atoms with Crippen molar-refractivity contribution in [3.63, 3.8) is 0 Å². The molecule has 3 heterocycles. The SMILES string of the molecule is CC1Oc2cc(cnc2N)/C(NC(F)F)=C(/C=N)Cn2ccnc2-c2ccc(F)cc21. The van der Waals surface area contributed by atoms with E-state index in [-0.39, 0.29) is 34.9 Å². The van der Waals surface area contributed by atoms with Gasteiger partial charge in [0.2, 0.25) is 0 Å². The van der Waals surface area contributed by atoms with Crippen LogP contribution < -0.4 is 15.8 Å². The molecule has 2 bridgehead atoms. The Kier molecular flexibility index (Phi) is 5.37. The summed E-state index contributed by atoms with van der Waals surface area (Å²) in [5.41, 5.74) is 7.64. The molecule has 4 N–H and O–H groups in total. The van der Waals surface area contributed by atoms with E-state index >= 15 is 0 Å². The van der Waals surface area contributed by atoms with Crippen LogP contribution in [0.5, 0.6) is 5.75 Å². The number of nitrogen functional groups attached to an aromatic ring is 1. The molecule has 0 fully saturated rings. The van der Waals surface area contributed by atoms with Crippen molar-refractivity contribution in [2.24, 2.45) is 0 Å². The number of nitrogens with one attached hydrogen (secondary N) is 2. The number of ether oxygens (including phenoxy) is 1. The third-order valence-corrected chi connectivity index (χ3v) is 4.97. The average molecular weight is 428 g/mol. The molecule has 31 heavy (non-hydrogen) atoms. The van der Waals surface area contributed by atoms with Gasteiger partial charge in [-0.2, -0.15) is 8.78 Å². The Balaban J connectivity index is 2.00. The first-order chi connectivity index (χ1) is 14.9. The van der Waals surface area contributed by atoms with Gasteiger partial charge in [-0.1, -0.05) is 0 Å². The van der Waals surface area contributed by atoms with Gasteiger partial charge in [-0.25, -0.2) is 14.4 Å². The van der Waals surface area contributed by atoms with Gasteiger partial charge in [0.05, 0.1) is 12.2 Å². The number of imidazole rings is 1. The highest BCUT2D eigenvalue weighted by molar-refractivity contribution is 5.89. The van der Waals surface area contributed by atoms with E-state index in [1.165, 1.54) is 24.4 Å². The van der Waals surface area contributed by atoms with Crippen LogP contribution in [0, 0.1) is 11.2 Å². The molecule has 0 amide bonds. The fourth-order valence-corrected chi connectivity index (χ4v) is 3.55. The van der Waals surface area contributed by atoms with Crippen LogP contribution in [0.25, 0.3) is 17.1 Å². The second-order valence-corrected chi connectivity index (χ2v) is 6.97. The van der Waals surface area contributed by atoms with Crippen LogP contribution in [0.2, 0.25) is 0 Å². The zero-order valence-corrected chi connectivity index (χ0v) is 16.4. The van der Waals surface area contributed by atoms with E-state index in [2.05, 4.69) is 15.3 Å². The van der Waals surface area contributed by atoms with Crippen molar-refractivity contribution in [2.75, 3.05) is 5.73 Å². The van der Waals surface area contributed by atoms with E-state index in [9.17, 15) is 13.2 Å². The molecule has 3 aromatic rings. The highest BCUT2D eigenvalue weighted by Gasteiger charge is 2.22. The zero-order valence-electron chi connectivity index (χ0n) is 16.4. The molecular formula is C21H19F3N6O. The molecule has 7 nitrogen and oxygen atoms in total. The Hall–Kier alpha value is -3.82. The molecule has 0 radical (unpaired) electrons. The molecule has 1 aromatic carbocycles. The van der Waals surface area contributed by atoms with Crippen molar-refractivity contribution in [3.8, 4) is 17.1 Å². The summed E-state index contributed by atoms with van der Waals surface area (Å²) in [6.07, 6.45) is 4.89. The maximum atomic E-state index is 14.1. The van der Waals surface area contributed by atoms with Crippen LogP contribution in [0.4, 0.5) is 19.0 Å². The standard InChI is InChI=1S/C21H19F3N6O/c1-11-16-7-14(22)2-3-15(16)20-27-4-5-30(20)10-13(8-25)18(29-21(23)24)12-6-17(31-11)19(26)28-9-12/h2-9,11,21,25,29H,10H2,1H3,(H2,26,28)/b18-13+,25-8?. The molecule has 0 saturated heterocycles. The van der Waals surface area contributed by atoms with Gasteiger partial charge in [0.25, 0.3) is 0 Å². The van der Waals surface area contributed by atoms with Crippen molar-refractivity contribution in [2.45, 2.75) is 26.1 Å². The summed E-state index contributed by atoms with van der Waals surface area (Å²) in [4.78, 5) is 8.44. The van der Waals surface area contributed by atoms with Crippen LogP contribution >= 0.6 is 0 Å². The summed E-state index contributed by atoms with van der Waals surface area (Å²) in [5.74, 6) is 0.251. The number of halogens is 3. The number of nitrogens with zero attached hydrogens (tertiary/aromatic N) is 3. The largest absolute Gasteiger partial charge is 0.482 e. The van der Waals surface area contributed by atoms with Crippen molar-refractivity contribution in [3.05, 3.63) is 65.4 Å². The molecule has 0 spiro atoms. The Morgan fingerprint density at radius 3 is 2.87 bits per heavy atom. The number of rotatable bonds is 3. The minimum absolute atomic E-state index is 0.0227. The molecule has 2 aromatic heterocycles. The number of allylic oxidation sites excluding steroid dienone is 1. The average Bonchev–Trinajstić information content (AvgIpc) is 3.19. The van der Waals surface area contributed by atoms with Crippen LogP contribution in [-0.4, -0.2) is 27.3 Å². The number of nitrogens with two attached hydrogens (primary N) is 1. The Labute approximate surface area is 175 Å². The fourth-order valence-electron chi connectivity index (χ4n) is 3.55. The number of aromatic nitrogens is 3. The topological polar surface area (TPSA) is 102 Å². The van der Waals surface area contributed by atoms with Gasteiger partial charge in [0.1, 0.15) is 17.7 Å². The molecular weight excluding hydrogens is 409 g/mol. The maximum absolute atomic E-state index is 14.1. The molecule has 0 aliphatic carbocycles. The van der Waals surface area contributed by atoms with E-state index in [4.69, 9.17) is 15.9 Å². The van der Waals surface area contributed by atoms with Crippen LogP contribution in [0.15, 0.2) is 48.4 Å². The lowest BCUT2D eigenvalue weighted by Gasteiger charge is -2.23. The smallest absolute Gasteiger partial charge is 0.312 e. The lowest BCUT2D eigenvalue weighted by molar-refractivity contribution is 0.128. The third-order valence-electron chi connectivity index (χ3n) is 4.97. The number of alkyl halides is 2. The monoisotopic (exact) mass is 428 g/mol. The van der Waals surface area contributed by atoms with Gasteiger partial charge < -0.3 is 25.8 Å². The minimum Gasteiger partial charge on any atom is -0.482 e. The number of pyridine rings is 1. The molecule has 1 unspecified atom stereocenters. The molecule has 0 saturated carbocycles. The Morgan fingerprint density at radius 1 is 1.32 bits per heavy atom. The Morgan fingerprint density at radius 2 is 2.13 bits per heavy atom. The van der Waals surface area contributed by atoms with Crippen LogP contribution in [-0.2, 0) is 6.54 Å². The zero-order chi connectivity index (χ0) is 22.1. The van der Waals surface area contributed by atoms with Crippen molar-refractivity contribution in [1.82, 2.24) is 19.9 Å². The summed E-state index contributed by atoms with van der Waals surface area (Å²) < 4.78 is 48.4. The van der Waals surface area contributed by atoms with Crippen LogP contribution in [0.1, 0.15) is 24.2 Å². The number of hydrogen-bond acceptors (Lipinski definition) is 6. The molecule has 1 aliphatic rings. The summed E-state index contributed by atoms with van der Waals surface area (Å²) in [6, 6.07) is 5.72. The van der Waals surface area contributed by atoms with E-state index in [1.807, 2.05) is 0 Å². The van der Waals surface area contributed by atoms with Crippen LogP contribution in [0.3, 0.4) is 0 Å². The molecule has 1 atom stereocenters. The molecule has 160 valence electrons. The summed E-state index contributed by atoms with van der Waals surface area (Å²) in [7, 11) is 0. The first-order valence-corrected chi connectivity index (χ1v) is 9.39. The molecule has 4 rings (SSSR count). The third kappa shape index (κ3) is 3.96. The number of benzene rings is 1. The fraction of sp³-hybridized carbons (Fsp3) is 0.190. The van der Waals surface area contributed by atoms with Gasteiger partial charge in [0.15, 0.2) is 11.6 Å². The second kappa shape index (κ2) is 8.13. The van der Waals surface area contributed by atoms with E-state index in [0.717, 1.165) is 6.21 Å². The van der Waals surface area contributed by atoms with Crippen molar-refractivity contribution >= 4 is 17.7 Å². The van der Waals surface area contributed by atoms with Gasteiger partial charge >= 0.3 is 6.55 Å². The first-order valence-electron chi connectivity index (χ1n) is 9.39. The predicted molar refractivity (Wildman–Crippen MR) is 110 cm³/mol. The van der Waals surface area contributed by atoms with Gasteiger partial charge in [-0.3, -0.25) is 0 Å². The summed E-state index contributed by atoms with van der Waals surface area (Å²) >= 11 is 0. The summed E-state index contributed by atoms with van der Waals surface area (Å²) in [5, 5.41) is 9.95. The van der Waals surface area contributed by atoms with E-state index in [1.54, 1.807) is 30.0 Å². The predicted octanol–water partition coefficient (Wildman–Crippen LogP) is 3.99. The molecule has 10 heteroatoms. The second-order valence-electron chi connectivity index (χ2n) is 6.97. The molecule has 1 aliphatic heterocycles. The van der Waals surface area contributed by atoms with Gasteiger partial charge in [0, 0.05) is 47.1 Å². The van der Waals surface area contributed by atoms with Crippen molar-refractivity contribution < 1.29 is 17.9 Å². The number of fused-ring (bicyclic) bond motifs is 5. The Bertz CT molecular complexity index is 1170. The normalized spacial score (nSPS) is 18.3. The lowest BCUT2D eigenvalue weighted by atomic mass is 10.0. The van der Waals surface area contributed by atoms with E-state index in [0.29, 0.717) is 17.0 Å². The van der Waals surface area contributed by atoms with Crippen molar-refractivity contribution in [1.29, 1.82) is 5.41 Å². The first kappa shape index (κ1) is 20.5.